The van der Waals surface area contributed by atoms with Crippen molar-refractivity contribution in [3.8, 4) is 17.0 Å². The molecule has 0 radical (unpaired) electrons. The number of carboxylic acid groups (broad SMARTS) is 1. The molecule has 2 N–H and O–H groups in total. The van der Waals surface area contributed by atoms with Gasteiger partial charge in [-0.05, 0) is 29.8 Å². The number of nitrogens with one attached hydrogen (secondary N) is 1. The zero-order chi connectivity index (χ0) is 20.5. The molecular formula is C22H23N3O4. The molecule has 1 unspecified atom stereocenters. The van der Waals surface area contributed by atoms with Crippen molar-refractivity contribution in [2.45, 2.75) is 12.5 Å². The van der Waals surface area contributed by atoms with Crippen molar-refractivity contribution >= 4 is 11.8 Å². The van der Waals surface area contributed by atoms with Crippen LogP contribution in [0.5, 0.6) is 5.75 Å². The van der Waals surface area contributed by atoms with Crippen LogP contribution in [0.2, 0.25) is 0 Å². The van der Waals surface area contributed by atoms with Crippen molar-refractivity contribution in [2.75, 3.05) is 25.6 Å². The van der Waals surface area contributed by atoms with Crippen LogP contribution in [-0.2, 0) is 16.0 Å². The van der Waals surface area contributed by atoms with E-state index in [-0.39, 0.29) is 0 Å². The van der Waals surface area contributed by atoms with Gasteiger partial charge in [-0.1, -0.05) is 30.3 Å². The maximum atomic E-state index is 11.7. The minimum atomic E-state index is -0.938. The van der Waals surface area contributed by atoms with E-state index >= 15 is 0 Å². The predicted molar refractivity (Wildman–Crippen MR) is 110 cm³/mol. The van der Waals surface area contributed by atoms with Crippen molar-refractivity contribution in [1.82, 2.24) is 9.97 Å². The first-order valence-corrected chi connectivity index (χ1v) is 9.23. The summed E-state index contributed by atoms with van der Waals surface area (Å²) in [5.41, 5.74) is 2.50. The highest BCUT2D eigenvalue weighted by Crippen LogP contribution is 2.22. The van der Waals surface area contributed by atoms with Gasteiger partial charge in [0.15, 0.2) is 0 Å². The fourth-order valence-corrected chi connectivity index (χ4v) is 2.79. The van der Waals surface area contributed by atoms with E-state index in [2.05, 4.69) is 15.3 Å². The molecule has 0 aliphatic rings. The largest absolute Gasteiger partial charge is 0.491 e. The smallest absolute Gasteiger partial charge is 0.326 e. The van der Waals surface area contributed by atoms with Crippen LogP contribution < -0.4 is 10.1 Å². The average molecular weight is 393 g/mol. The fourth-order valence-electron chi connectivity index (χ4n) is 2.79. The van der Waals surface area contributed by atoms with Crippen molar-refractivity contribution in [3.63, 3.8) is 0 Å². The molecule has 0 saturated heterocycles. The van der Waals surface area contributed by atoms with Crippen molar-refractivity contribution in [2.24, 2.45) is 0 Å². The topological polar surface area (TPSA) is 93.6 Å². The average Bonchev–Trinajstić information content (AvgIpc) is 2.75. The number of hydrogen-bond acceptors (Lipinski definition) is 6. The summed E-state index contributed by atoms with van der Waals surface area (Å²) < 4.78 is 10.5. The highest BCUT2D eigenvalue weighted by atomic mass is 16.5. The number of methoxy groups -OCH3 is 1. The predicted octanol–water partition coefficient (Wildman–Crippen LogP) is 3.28. The van der Waals surface area contributed by atoms with Gasteiger partial charge in [-0.2, -0.15) is 0 Å². The molecule has 7 nitrogen and oxygen atoms in total. The number of benzene rings is 2. The summed E-state index contributed by atoms with van der Waals surface area (Å²) in [5.74, 6) is 0.261. The lowest BCUT2D eigenvalue weighted by Gasteiger charge is -2.15. The van der Waals surface area contributed by atoms with Gasteiger partial charge >= 0.3 is 5.97 Å². The molecule has 0 fully saturated rings. The van der Waals surface area contributed by atoms with E-state index in [4.69, 9.17) is 9.47 Å². The van der Waals surface area contributed by atoms with Crippen molar-refractivity contribution in [3.05, 3.63) is 72.6 Å². The molecular weight excluding hydrogens is 370 g/mol. The molecule has 0 aliphatic carbocycles. The summed E-state index contributed by atoms with van der Waals surface area (Å²) >= 11 is 0. The summed E-state index contributed by atoms with van der Waals surface area (Å²) in [6.45, 7) is 1.01. The molecule has 0 spiro atoms. The van der Waals surface area contributed by atoms with E-state index in [0.29, 0.717) is 31.1 Å². The molecule has 1 atom stereocenters. The van der Waals surface area contributed by atoms with Crippen LogP contribution in [0.1, 0.15) is 5.56 Å². The summed E-state index contributed by atoms with van der Waals surface area (Å²) in [6, 6.07) is 17.9. The van der Waals surface area contributed by atoms with Gasteiger partial charge in [0, 0.05) is 25.2 Å². The zero-order valence-corrected chi connectivity index (χ0v) is 16.1. The van der Waals surface area contributed by atoms with Crippen LogP contribution in [0.25, 0.3) is 11.3 Å². The molecule has 1 heterocycles. The lowest BCUT2D eigenvalue weighted by Crippen LogP contribution is -2.31. The third-order valence-corrected chi connectivity index (χ3v) is 4.28. The van der Waals surface area contributed by atoms with Gasteiger partial charge in [0.2, 0.25) is 0 Å². The highest BCUT2D eigenvalue weighted by molar-refractivity contribution is 5.77. The molecule has 0 bridgehead atoms. The van der Waals surface area contributed by atoms with Gasteiger partial charge < -0.3 is 19.9 Å². The van der Waals surface area contributed by atoms with Crippen LogP contribution in [-0.4, -0.2) is 47.4 Å². The number of aliphatic carboxylic acids is 1. The Hall–Kier alpha value is -3.45. The van der Waals surface area contributed by atoms with Gasteiger partial charge in [0.1, 0.15) is 30.5 Å². The van der Waals surface area contributed by atoms with Crippen molar-refractivity contribution < 1.29 is 19.4 Å². The van der Waals surface area contributed by atoms with E-state index in [1.165, 1.54) is 6.33 Å². The highest BCUT2D eigenvalue weighted by Gasteiger charge is 2.18. The summed E-state index contributed by atoms with van der Waals surface area (Å²) in [4.78, 5) is 20.1. The van der Waals surface area contributed by atoms with E-state index < -0.39 is 12.0 Å². The standard InChI is InChI=1S/C22H23N3O4/c1-28-11-12-29-18-9-7-17(8-10-18)19-14-21(24-15-23-19)25-20(22(26)27)13-16-5-3-2-4-6-16/h2-10,14-15,20H,11-13H2,1H3,(H,26,27)(H,23,24,25). The number of nitrogens with zero attached hydrogens (tertiary/aromatic N) is 2. The molecule has 3 aromatic rings. The normalized spacial score (nSPS) is 11.6. The molecule has 0 amide bonds. The number of aromatic nitrogens is 2. The van der Waals surface area contributed by atoms with Crippen LogP contribution >= 0.6 is 0 Å². The number of ether oxygens (including phenoxy) is 2. The number of anilines is 1. The van der Waals surface area contributed by atoms with Gasteiger partial charge in [-0.3, -0.25) is 0 Å². The van der Waals surface area contributed by atoms with Crippen LogP contribution in [0.3, 0.4) is 0 Å². The minimum Gasteiger partial charge on any atom is -0.491 e. The van der Waals surface area contributed by atoms with Crippen molar-refractivity contribution in [1.29, 1.82) is 0 Å². The Morgan fingerprint density at radius 1 is 1.07 bits per heavy atom. The lowest BCUT2D eigenvalue weighted by molar-refractivity contribution is -0.137. The third kappa shape index (κ3) is 6.02. The Labute approximate surface area is 169 Å². The SMILES string of the molecule is COCCOc1ccc(-c2cc(NC(Cc3ccccc3)C(=O)O)ncn2)cc1. The van der Waals surface area contributed by atoms with Gasteiger partial charge in [-0.25, -0.2) is 14.8 Å². The lowest BCUT2D eigenvalue weighted by atomic mass is 10.1. The van der Waals surface area contributed by atoms with Crippen LogP contribution in [0.4, 0.5) is 5.82 Å². The Morgan fingerprint density at radius 3 is 2.52 bits per heavy atom. The van der Waals surface area contributed by atoms with Crippen LogP contribution in [0, 0.1) is 0 Å². The van der Waals surface area contributed by atoms with E-state index in [0.717, 1.165) is 16.9 Å². The Bertz CT molecular complexity index is 917. The third-order valence-electron chi connectivity index (χ3n) is 4.28. The molecule has 0 aliphatic heterocycles. The summed E-state index contributed by atoms with van der Waals surface area (Å²) in [5, 5.41) is 12.6. The van der Waals surface area contributed by atoms with Gasteiger partial charge in [0.25, 0.3) is 0 Å². The quantitative estimate of drug-likeness (QED) is 0.511. The maximum absolute atomic E-state index is 11.7. The Kier molecular flexibility index (Phi) is 7.13. The molecule has 3 rings (SSSR count). The summed E-state index contributed by atoms with van der Waals surface area (Å²) in [7, 11) is 1.63. The second kappa shape index (κ2) is 10.2. The van der Waals surface area contributed by atoms with Gasteiger partial charge in [-0.15, -0.1) is 0 Å². The van der Waals surface area contributed by atoms with E-state index in [1.54, 1.807) is 13.2 Å². The number of rotatable bonds is 10. The monoisotopic (exact) mass is 393 g/mol. The number of hydrogen-bond donors (Lipinski definition) is 2. The molecule has 7 heteroatoms. The summed E-state index contributed by atoms with van der Waals surface area (Å²) in [6.07, 6.45) is 1.77. The Balaban J connectivity index is 1.70. The molecule has 150 valence electrons. The maximum Gasteiger partial charge on any atom is 0.326 e. The van der Waals surface area contributed by atoms with Gasteiger partial charge in [0.05, 0.1) is 12.3 Å². The molecule has 1 aromatic heterocycles. The van der Waals surface area contributed by atoms with Crippen LogP contribution in [0.15, 0.2) is 67.0 Å². The molecule has 0 saturated carbocycles. The first-order chi connectivity index (χ1) is 14.2. The Morgan fingerprint density at radius 2 is 1.83 bits per heavy atom. The first kappa shape index (κ1) is 20.3. The zero-order valence-electron chi connectivity index (χ0n) is 16.1. The van der Waals surface area contributed by atoms with E-state index in [9.17, 15) is 9.90 Å². The molecule has 2 aromatic carbocycles. The molecule has 29 heavy (non-hydrogen) atoms. The first-order valence-electron chi connectivity index (χ1n) is 9.23. The minimum absolute atomic E-state index is 0.350. The second-order valence-electron chi connectivity index (χ2n) is 6.38. The number of carbonyl (C=O) groups is 1. The fraction of sp³-hybridized carbons (Fsp3) is 0.227. The number of carboxylic acids is 1. The second-order valence-corrected chi connectivity index (χ2v) is 6.38. The van der Waals surface area contributed by atoms with E-state index in [1.807, 2.05) is 54.6 Å².